The third-order valence-corrected chi connectivity index (χ3v) is 3.55. The molecule has 2 rings (SSSR count). The lowest BCUT2D eigenvalue weighted by Gasteiger charge is -2.21. The molecule has 3 nitrogen and oxygen atoms in total. The van der Waals surface area contributed by atoms with Crippen molar-refractivity contribution in [3.05, 3.63) is 35.9 Å². The van der Waals surface area contributed by atoms with E-state index in [1.54, 1.807) is 0 Å². The summed E-state index contributed by atoms with van der Waals surface area (Å²) >= 11 is 0. The topological polar surface area (TPSA) is 32.3 Å². The monoisotopic (exact) mass is 246 g/mol. The first-order valence-electron chi connectivity index (χ1n) is 6.77. The van der Waals surface area contributed by atoms with Gasteiger partial charge in [-0.2, -0.15) is 0 Å². The molecule has 1 aliphatic rings. The van der Waals surface area contributed by atoms with Crippen molar-refractivity contribution in [2.24, 2.45) is 0 Å². The summed E-state index contributed by atoms with van der Waals surface area (Å²) in [5.41, 5.74) is 1.23. The molecule has 1 heterocycles. The van der Waals surface area contributed by atoms with E-state index in [4.69, 9.17) is 0 Å². The quantitative estimate of drug-likeness (QED) is 0.859. The zero-order valence-corrected chi connectivity index (χ0v) is 11.1. The predicted octanol–water partition coefficient (Wildman–Crippen LogP) is 1.83. The second kappa shape index (κ2) is 6.55. The fraction of sp³-hybridized carbons (Fsp3) is 0.533. The summed E-state index contributed by atoms with van der Waals surface area (Å²) in [4.78, 5) is 13.9. The summed E-state index contributed by atoms with van der Waals surface area (Å²) in [5.74, 6) is 0.243. The van der Waals surface area contributed by atoms with E-state index in [9.17, 15) is 4.79 Å². The number of likely N-dealkylation sites (N-methyl/N-ethyl adjacent to an activating group) is 1. The average Bonchev–Trinajstić information content (AvgIpc) is 2.90. The number of hydrogen-bond donors (Lipinski definition) is 1. The highest BCUT2D eigenvalue weighted by Gasteiger charge is 2.18. The number of hydrogen-bond acceptors (Lipinski definition) is 2. The third-order valence-electron chi connectivity index (χ3n) is 3.55. The number of amides is 1. The van der Waals surface area contributed by atoms with Crippen molar-refractivity contribution in [2.75, 3.05) is 20.1 Å². The molecule has 0 radical (unpaired) electrons. The van der Waals surface area contributed by atoms with Crippen LogP contribution in [0, 0.1) is 0 Å². The molecule has 1 unspecified atom stereocenters. The van der Waals surface area contributed by atoms with Gasteiger partial charge in [-0.3, -0.25) is 4.79 Å². The van der Waals surface area contributed by atoms with Crippen LogP contribution in [-0.4, -0.2) is 37.0 Å². The van der Waals surface area contributed by atoms with E-state index in [1.165, 1.54) is 18.4 Å². The molecule has 1 aromatic carbocycles. The number of nitrogens with zero attached hydrogens (tertiary/aromatic N) is 1. The normalized spacial score (nSPS) is 18.8. The lowest BCUT2D eigenvalue weighted by atomic mass is 10.1. The fourth-order valence-electron chi connectivity index (χ4n) is 2.43. The fourth-order valence-corrected chi connectivity index (χ4v) is 2.43. The van der Waals surface area contributed by atoms with Crippen LogP contribution in [0.3, 0.4) is 0 Å². The molecule has 1 fully saturated rings. The molecule has 0 aliphatic carbocycles. The summed E-state index contributed by atoms with van der Waals surface area (Å²) in [6.45, 7) is 1.93. The first-order chi connectivity index (χ1) is 8.75. The van der Waals surface area contributed by atoms with Crippen molar-refractivity contribution in [1.29, 1.82) is 0 Å². The average molecular weight is 246 g/mol. The standard InChI is InChI=1S/C15H22N2O/c1-17(12-14-8-5-11-16-14)15(18)10-9-13-6-3-2-4-7-13/h2-4,6-7,14,16H,5,8-12H2,1H3. The highest BCUT2D eigenvalue weighted by Crippen LogP contribution is 2.08. The minimum atomic E-state index is 0.243. The molecule has 0 saturated carbocycles. The second-order valence-electron chi connectivity index (χ2n) is 5.05. The number of aryl methyl sites for hydroxylation is 1. The van der Waals surface area contributed by atoms with Crippen LogP contribution in [-0.2, 0) is 11.2 Å². The summed E-state index contributed by atoms with van der Waals surface area (Å²) in [5, 5.41) is 3.42. The van der Waals surface area contributed by atoms with Crippen molar-refractivity contribution in [2.45, 2.75) is 31.7 Å². The molecule has 0 bridgehead atoms. The van der Waals surface area contributed by atoms with E-state index in [0.29, 0.717) is 12.5 Å². The Morgan fingerprint density at radius 2 is 2.17 bits per heavy atom. The Hall–Kier alpha value is -1.35. The molecule has 18 heavy (non-hydrogen) atoms. The van der Waals surface area contributed by atoms with Gasteiger partial charge in [0, 0.05) is 26.1 Å². The molecule has 3 heteroatoms. The largest absolute Gasteiger partial charge is 0.344 e. The molecular weight excluding hydrogens is 224 g/mol. The van der Waals surface area contributed by atoms with Crippen molar-refractivity contribution in [1.82, 2.24) is 10.2 Å². The Balaban J connectivity index is 1.73. The lowest BCUT2D eigenvalue weighted by molar-refractivity contribution is -0.130. The van der Waals surface area contributed by atoms with Crippen LogP contribution in [0.4, 0.5) is 0 Å². The highest BCUT2D eigenvalue weighted by atomic mass is 16.2. The van der Waals surface area contributed by atoms with Crippen LogP contribution in [0.5, 0.6) is 0 Å². The lowest BCUT2D eigenvalue weighted by Crippen LogP contribution is -2.38. The Bertz CT molecular complexity index is 371. The molecule has 1 N–H and O–H groups in total. The highest BCUT2D eigenvalue weighted by molar-refractivity contribution is 5.76. The number of carbonyl (C=O) groups excluding carboxylic acids is 1. The Labute approximate surface area is 109 Å². The zero-order chi connectivity index (χ0) is 12.8. The Morgan fingerprint density at radius 1 is 1.39 bits per heavy atom. The van der Waals surface area contributed by atoms with Gasteiger partial charge >= 0.3 is 0 Å². The van der Waals surface area contributed by atoms with Crippen LogP contribution >= 0.6 is 0 Å². The Kier molecular flexibility index (Phi) is 4.76. The SMILES string of the molecule is CN(CC1CCCN1)C(=O)CCc1ccccc1. The zero-order valence-electron chi connectivity index (χ0n) is 11.1. The van der Waals surface area contributed by atoms with Crippen molar-refractivity contribution < 1.29 is 4.79 Å². The molecule has 1 atom stereocenters. The number of benzene rings is 1. The molecular formula is C15H22N2O. The minimum Gasteiger partial charge on any atom is -0.344 e. The molecule has 0 spiro atoms. The van der Waals surface area contributed by atoms with E-state index >= 15 is 0 Å². The van der Waals surface area contributed by atoms with Crippen molar-refractivity contribution >= 4 is 5.91 Å². The second-order valence-corrected chi connectivity index (χ2v) is 5.05. The molecule has 1 aliphatic heterocycles. The van der Waals surface area contributed by atoms with Gasteiger partial charge in [-0.25, -0.2) is 0 Å². The summed E-state index contributed by atoms with van der Waals surface area (Å²) in [6.07, 6.45) is 3.86. The van der Waals surface area contributed by atoms with Crippen LogP contribution in [0.15, 0.2) is 30.3 Å². The first-order valence-corrected chi connectivity index (χ1v) is 6.77. The predicted molar refractivity (Wildman–Crippen MR) is 73.4 cm³/mol. The maximum Gasteiger partial charge on any atom is 0.222 e. The summed E-state index contributed by atoms with van der Waals surface area (Å²) in [6, 6.07) is 10.7. The van der Waals surface area contributed by atoms with E-state index in [2.05, 4.69) is 17.4 Å². The number of nitrogens with one attached hydrogen (secondary N) is 1. The van der Waals surface area contributed by atoms with Gasteiger partial charge in [-0.15, -0.1) is 0 Å². The van der Waals surface area contributed by atoms with Crippen LogP contribution < -0.4 is 5.32 Å². The van der Waals surface area contributed by atoms with Gasteiger partial charge in [0.1, 0.15) is 0 Å². The summed E-state index contributed by atoms with van der Waals surface area (Å²) < 4.78 is 0. The Morgan fingerprint density at radius 3 is 2.83 bits per heavy atom. The van der Waals surface area contributed by atoms with Crippen molar-refractivity contribution in [3.8, 4) is 0 Å². The van der Waals surface area contributed by atoms with Gasteiger partial charge in [0.05, 0.1) is 0 Å². The van der Waals surface area contributed by atoms with E-state index < -0.39 is 0 Å². The number of rotatable bonds is 5. The molecule has 1 saturated heterocycles. The number of carbonyl (C=O) groups is 1. The first kappa shape index (κ1) is 13.1. The van der Waals surface area contributed by atoms with E-state index in [-0.39, 0.29) is 5.91 Å². The maximum atomic E-state index is 12.0. The third kappa shape index (κ3) is 3.84. The van der Waals surface area contributed by atoms with Gasteiger partial charge in [-0.1, -0.05) is 30.3 Å². The van der Waals surface area contributed by atoms with Crippen LogP contribution in [0.1, 0.15) is 24.8 Å². The van der Waals surface area contributed by atoms with Gasteiger partial charge < -0.3 is 10.2 Å². The van der Waals surface area contributed by atoms with Crippen LogP contribution in [0.25, 0.3) is 0 Å². The molecule has 0 aromatic heterocycles. The van der Waals surface area contributed by atoms with Gasteiger partial charge in [0.15, 0.2) is 0 Å². The van der Waals surface area contributed by atoms with Gasteiger partial charge in [0.25, 0.3) is 0 Å². The maximum absolute atomic E-state index is 12.0. The van der Waals surface area contributed by atoms with E-state index in [0.717, 1.165) is 19.5 Å². The molecule has 1 amide bonds. The van der Waals surface area contributed by atoms with E-state index in [1.807, 2.05) is 30.1 Å². The van der Waals surface area contributed by atoms with Gasteiger partial charge in [0.2, 0.25) is 5.91 Å². The van der Waals surface area contributed by atoms with Gasteiger partial charge in [-0.05, 0) is 31.4 Å². The minimum absolute atomic E-state index is 0.243. The molecule has 98 valence electrons. The smallest absolute Gasteiger partial charge is 0.222 e. The van der Waals surface area contributed by atoms with Crippen molar-refractivity contribution in [3.63, 3.8) is 0 Å². The molecule has 1 aromatic rings. The summed E-state index contributed by atoms with van der Waals surface area (Å²) in [7, 11) is 1.91. The van der Waals surface area contributed by atoms with Crippen LogP contribution in [0.2, 0.25) is 0 Å².